The maximum Gasteiger partial charge on any atom is 0.160 e. The highest BCUT2D eigenvalue weighted by molar-refractivity contribution is 7.15. The number of rotatable bonds is 3. The monoisotopic (exact) mass is 420 g/mol. The number of aryl methyl sites for hydroxylation is 2. The third-order valence-electron chi connectivity index (χ3n) is 5.34. The van der Waals surface area contributed by atoms with Crippen molar-refractivity contribution in [1.82, 2.24) is 14.8 Å². The lowest BCUT2D eigenvalue weighted by atomic mass is 9.98. The third-order valence-corrected chi connectivity index (χ3v) is 7.65. The lowest BCUT2D eigenvalue weighted by molar-refractivity contribution is 0.285. The van der Waals surface area contributed by atoms with Crippen LogP contribution in [0, 0.1) is 20.8 Å². The zero-order valence-corrected chi connectivity index (χ0v) is 18.1. The van der Waals surface area contributed by atoms with Crippen molar-refractivity contribution < 1.29 is 5.11 Å². The van der Waals surface area contributed by atoms with Gasteiger partial charge >= 0.3 is 0 Å². The summed E-state index contributed by atoms with van der Waals surface area (Å²) in [5.74, 6) is 1.78. The lowest BCUT2D eigenvalue weighted by Gasteiger charge is -2.10. The molecule has 4 aromatic rings. The Morgan fingerprint density at radius 1 is 0.966 bits per heavy atom. The Kier molecular flexibility index (Phi) is 4.46. The first-order valence-electron chi connectivity index (χ1n) is 9.43. The highest BCUT2D eigenvalue weighted by Gasteiger charge is 2.26. The number of thiophene rings is 2. The molecule has 5 rings (SSSR count). The van der Waals surface area contributed by atoms with Gasteiger partial charge in [0, 0.05) is 25.8 Å². The Labute approximate surface area is 177 Å². The number of fused-ring (bicyclic) bond motifs is 3. The minimum atomic E-state index is 0.0855. The fourth-order valence-corrected chi connectivity index (χ4v) is 5.79. The van der Waals surface area contributed by atoms with E-state index in [0.29, 0.717) is 6.54 Å². The molecule has 29 heavy (non-hydrogen) atoms. The molecule has 0 radical (unpaired) electrons. The van der Waals surface area contributed by atoms with Crippen molar-refractivity contribution in [3.63, 3.8) is 0 Å². The van der Waals surface area contributed by atoms with Crippen LogP contribution in [-0.2, 0) is 13.2 Å². The fraction of sp³-hybridized carbons (Fsp3) is 0.227. The van der Waals surface area contributed by atoms with Crippen LogP contribution in [-0.4, -0.2) is 25.6 Å². The molecule has 4 heterocycles. The number of hydrogen-bond acceptors (Lipinski definition) is 6. The fourth-order valence-electron chi connectivity index (χ4n) is 3.69. The van der Waals surface area contributed by atoms with E-state index in [-0.39, 0.29) is 6.61 Å². The molecule has 1 aromatic carbocycles. The maximum atomic E-state index is 9.32. The third kappa shape index (κ3) is 2.97. The summed E-state index contributed by atoms with van der Waals surface area (Å²) in [5.41, 5.74) is 5.71. The van der Waals surface area contributed by atoms with Gasteiger partial charge in [0.05, 0.1) is 12.3 Å². The van der Waals surface area contributed by atoms with Gasteiger partial charge in [-0.05, 0) is 44.0 Å². The number of aliphatic hydroxyl groups excluding tert-OH is 1. The molecule has 0 saturated carbocycles. The average molecular weight is 421 g/mol. The van der Waals surface area contributed by atoms with Gasteiger partial charge in [0.1, 0.15) is 17.4 Å². The van der Waals surface area contributed by atoms with Gasteiger partial charge in [-0.15, -0.1) is 32.9 Å². The van der Waals surface area contributed by atoms with E-state index in [1.54, 1.807) is 22.7 Å². The second-order valence-corrected chi connectivity index (χ2v) is 9.50. The predicted octanol–water partition coefficient (Wildman–Crippen LogP) is 4.83. The van der Waals surface area contributed by atoms with E-state index >= 15 is 0 Å². The lowest BCUT2D eigenvalue weighted by Crippen LogP contribution is -2.07. The normalized spacial score (nSPS) is 13.0. The highest BCUT2D eigenvalue weighted by atomic mass is 32.1. The molecule has 1 aliphatic heterocycles. The molecule has 0 bridgehead atoms. The molecular formula is C22H20N4OS2. The summed E-state index contributed by atoms with van der Waals surface area (Å²) in [6, 6.07) is 12.6. The molecule has 0 fully saturated rings. The van der Waals surface area contributed by atoms with Gasteiger partial charge < -0.3 is 5.11 Å². The van der Waals surface area contributed by atoms with Gasteiger partial charge in [0.2, 0.25) is 0 Å². The zero-order chi connectivity index (χ0) is 20.1. The Balaban J connectivity index is 1.60. The topological polar surface area (TPSA) is 63.3 Å². The van der Waals surface area contributed by atoms with Crippen LogP contribution in [0.25, 0.3) is 15.4 Å². The molecule has 1 aliphatic rings. The largest absolute Gasteiger partial charge is 0.391 e. The minimum absolute atomic E-state index is 0.0855. The first kappa shape index (κ1) is 18.4. The van der Waals surface area contributed by atoms with Crippen LogP contribution >= 0.6 is 22.7 Å². The van der Waals surface area contributed by atoms with Crippen molar-refractivity contribution in [3.05, 3.63) is 74.5 Å². The van der Waals surface area contributed by atoms with Gasteiger partial charge in [0.15, 0.2) is 5.82 Å². The van der Waals surface area contributed by atoms with Gasteiger partial charge in [-0.2, -0.15) is 0 Å². The molecule has 0 amide bonds. The summed E-state index contributed by atoms with van der Waals surface area (Å²) >= 11 is 3.40. The molecular weight excluding hydrogens is 400 g/mol. The van der Waals surface area contributed by atoms with E-state index in [1.165, 1.54) is 16.0 Å². The Morgan fingerprint density at radius 3 is 2.45 bits per heavy atom. The van der Waals surface area contributed by atoms with Crippen molar-refractivity contribution in [3.8, 4) is 15.4 Å². The quantitative estimate of drug-likeness (QED) is 0.516. The molecule has 5 nitrogen and oxygen atoms in total. The van der Waals surface area contributed by atoms with Crippen LogP contribution in [0.5, 0.6) is 0 Å². The number of hydrogen-bond donors (Lipinski definition) is 1. The molecule has 0 aliphatic carbocycles. The highest BCUT2D eigenvalue weighted by Crippen LogP contribution is 2.36. The van der Waals surface area contributed by atoms with Crippen molar-refractivity contribution in [1.29, 1.82) is 0 Å². The number of aliphatic imine (C=N–C) groups is 1. The van der Waals surface area contributed by atoms with Gasteiger partial charge in [-0.3, -0.25) is 9.56 Å². The van der Waals surface area contributed by atoms with E-state index < -0.39 is 0 Å². The zero-order valence-electron chi connectivity index (χ0n) is 16.4. The van der Waals surface area contributed by atoms with Crippen LogP contribution in [0.2, 0.25) is 0 Å². The molecule has 1 N–H and O–H groups in total. The summed E-state index contributed by atoms with van der Waals surface area (Å²) < 4.78 is 2.15. The van der Waals surface area contributed by atoms with Gasteiger partial charge in [-0.25, -0.2) is 0 Å². The van der Waals surface area contributed by atoms with Crippen molar-refractivity contribution in [2.75, 3.05) is 0 Å². The van der Waals surface area contributed by atoms with Crippen molar-refractivity contribution in [2.24, 2.45) is 4.99 Å². The van der Waals surface area contributed by atoms with Gasteiger partial charge in [0.25, 0.3) is 0 Å². The second kappa shape index (κ2) is 7.02. The van der Waals surface area contributed by atoms with Crippen LogP contribution < -0.4 is 0 Å². The summed E-state index contributed by atoms with van der Waals surface area (Å²) in [4.78, 5) is 8.38. The van der Waals surface area contributed by atoms with Crippen LogP contribution in [0.4, 0.5) is 0 Å². The summed E-state index contributed by atoms with van der Waals surface area (Å²) in [7, 11) is 0. The first-order chi connectivity index (χ1) is 14.1. The van der Waals surface area contributed by atoms with Gasteiger partial charge in [-0.1, -0.05) is 24.3 Å². The molecule has 7 heteroatoms. The van der Waals surface area contributed by atoms with E-state index in [2.05, 4.69) is 58.9 Å². The standard InChI is InChI=1S/C22H20N4OS2/c1-12-13(2)28-22-20(12)21(23-10-19-25-24-14(3)26(19)22)16-6-4-15(5-7-16)18-9-8-17(11-27)29-18/h4-9,27H,10-11H2,1-3H3. The molecule has 0 saturated heterocycles. The van der Waals surface area contributed by atoms with Crippen LogP contribution in [0.3, 0.4) is 0 Å². The molecule has 0 unspecified atom stereocenters. The van der Waals surface area contributed by atoms with Crippen LogP contribution in [0.15, 0.2) is 41.4 Å². The van der Waals surface area contributed by atoms with Crippen molar-refractivity contribution >= 4 is 28.4 Å². The molecule has 146 valence electrons. The van der Waals surface area contributed by atoms with Crippen molar-refractivity contribution in [2.45, 2.75) is 33.9 Å². The Morgan fingerprint density at radius 2 is 1.72 bits per heavy atom. The molecule has 0 atom stereocenters. The number of benzene rings is 1. The smallest absolute Gasteiger partial charge is 0.160 e. The van der Waals surface area contributed by atoms with E-state index in [4.69, 9.17) is 4.99 Å². The number of aromatic nitrogens is 3. The van der Waals surface area contributed by atoms with E-state index in [1.807, 2.05) is 13.0 Å². The first-order valence-corrected chi connectivity index (χ1v) is 11.1. The predicted molar refractivity (Wildman–Crippen MR) is 118 cm³/mol. The summed E-state index contributed by atoms with van der Waals surface area (Å²) in [6.07, 6.45) is 0. The minimum Gasteiger partial charge on any atom is -0.391 e. The SMILES string of the molecule is Cc1sc2c(c1C)C(c1ccc(-c3ccc(CO)s3)cc1)=NCc1nnc(C)n1-2. The number of aliphatic hydroxyl groups is 1. The second-order valence-electron chi connectivity index (χ2n) is 7.13. The average Bonchev–Trinajstić information content (AvgIpc) is 3.39. The molecule has 3 aromatic heterocycles. The Bertz CT molecular complexity index is 1240. The molecule has 0 spiro atoms. The van der Waals surface area contributed by atoms with E-state index in [9.17, 15) is 5.11 Å². The maximum absolute atomic E-state index is 9.32. The summed E-state index contributed by atoms with van der Waals surface area (Å²) in [6.45, 7) is 6.92. The number of nitrogens with zero attached hydrogens (tertiary/aromatic N) is 4. The summed E-state index contributed by atoms with van der Waals surface area (Å²) in [5, 5.41) is 19.1. The van der Waals surface area contributed by atoms with E-state index in [0.717, 1.165) is 43.2 Å². The van der Waals surface area contributed by atoms with Crippen LogP contribution in [0.1, 0.15) is 38.1 Å². The Hall–Kier alpha value is -2.61.